The summed E-state index contributed by atoms with van der Waals surface area (Å²) in [4.78, 5) is 0. The van der Waals surface area contributed by atoms with E-state index >= 15 is 0 Å². The van der Waals surface area contributed by atoms with Gasteiger partial charge in [-0.05, 0) is 93.2 Å². The summed E-state index contributed by atoms with van der Waals surface area (Å²) < 4.78 is 54.6. The van der Waals surface area contributed by atoms with Crippen molar-refractivity contribution in [1.82, 2.24) is 0 Å². The van der Waals surface area contributed by atoms with Crippen LogP contribution < -0.4 is 4.74 Å². The molecule has 0 bridgehead atoms. The first-order valence-corrected chi connectivity index (χ1v) is 10.2. The van der Waals surface area contributed by atoms with Crippen LogP contribution in [0.3, 0.4) is 0 Å². The summed E-state index contributed by atoms with van der Waals surface area (Å²) in [5, 5.41) is 0. The summed E-state index contributed by atoms with van der Waals surface area (Å²) in [6.07, 6.45) is 9.41. The van der Waals surface area contributed by atoms with Gasteiger partial charge in [-0.25, -0.2) is 4.39 Å². The topological polar surface area (TPSA) is 9.23 Å². The van der Waals surface area contributed by atoms with Gasteiger partial charge in [0.25, 0.3) is 0 Å². The van der Waals surface area contributed by atoms with E-state index in [2.05, 4.69) is 17.4 Å². The van der Waals surface area contributed by atoms with Crippen molar-refractivity contribution in [1.29, 1.82) is 0 Å². The van der Waals surface area contributed by atoms with Crippen molar-refractivity contribution in [2.45, 2.75) is 70.1 Å². The van der Waals surface area contributed by atoms with Gasteiger partial charge in [0.1, 0.15) is 0 Å². The van der Waals surface area contributed by atoms with Gasteiger partial charge in [0.15, 0.2) is 11.6 Å². The quantitative estimate of drug-likeness (QED) is 0.354. The van der Waals surface area contributed by atoms with Crippen molar-refractivity contribution in [2.24, 2.45) is 11.8 Å². The lowest BCUT2D eigenvalue weighted by Crippen LogP contribution is -2.23. The lowest BCUT2D eigenvalue weighted by Gasteiger charge is -2.35. The molecule has 0 aromatic heterocycles. The first-order valence-electron chi connectivity index (χ1n) is 10.2. The molecule has 1 atom stereocenters. The molecule has 0 spiro atoms. The van der Waals surface area contributed by atoms with Crippen LogP contribution in [0.1, 0.15) is 69.3 Å². The minimum atomic E-state index is -4.87. The molecule has 0 radical (unpaired) electrons. The summed E-state index contributed by atoms with van der Waals surface area (Å²) in [7, 11) is 0. The number of allylic oxidation sites excluding steroid dienone is 3. The Labute approximate surface area is 164 Å². The van der Waals surface area contributed by atoms with Gasteiger partial charge in [-0.3, -0.25) is 0 Å². The Morgan fingerprint density at radius 3 is 2.39 bits per heavy atom. The normalized spacial score (nSPS) is 25.9. The Balaban J connectivity index is 1.52. The third-order valence-electron chi connectivity index (χ3n) is 6.31. The third-order valence-corrected chi connectivity index (χ3v) is 6.31. The van der Waals surface area contributed by atoms with E-state index in [9.17, 15) is 17.6 Å². The number of alkyl halides is 3. The molecule has 1 unspecified atom stereocenters. The Morgan fingerprint density at radius 2 is 1.82 bits per heavy atom. The molecule has 3 rings (SSSR count). The molecule has 1 saturated carbocycles. The van der Waals surface area contributed by atoms with E-state index in [1.54, 1.807) is 11.6 Å². The second-order valence-electron chi connectivity index (χ2n) is 8.07. The van der Waals surface area contributed by atoms with Crippen LogP contribution in [0, 0.1) is 17.7 Å². The van der Waals surface area contributed by atoms with Crippen LogP contribution in [0.2, 0.25) is 0 Å². The van der Waals surface area contributed by atoms with E-state index < -0.39 is 17.9 Å². The zero-order chi connectivity index (χ0) is 20.1. The molecule has 0 aliphatic heterocycles. The lowest BCUT2D eigenvalue weighted by atomic mass is 9.70. The van der Waals surface area contributed by atoms with Crippen LogP contribution in [0.4, 0.5) is 17.6 Å². The molecule has 0 amide bonds. The van der Waals surface area contributed by atoms with Crippen LogP contribution in [0.5, 0.6) is 5.75 Å². The van der Waals surface area contributed by atoms with Crippen molar-refractivity contribution >= 4 is 0 Å². The Bertz CT molecular complexity index is 699. The molecule has 1 nitrogen and oxygen atoms in total. The van der Waals surface area contributed by atoms with Gasteiger partial charge < -0.3 is 4.74 Å². The minimum absolute atomic E-state index is 0.216. The maximum Gasteiger partial charge on any atom is 0.573 e. The number of benzene rings is 1. The summed E-state index contributed by atoms with van der Waals surface area (Å²) in [5.41, 5.74) is 2.34. The van der Waals surface area contributed by atoms with E-state index in [0.717, 1.165) is 62.5 Å². The van der Waals surface area contributed by atoms with Gasteiger partial charge >= 0.3 is 6.36 Å². The molecule has 0 saturated heterocycles. The molecular weight excluding hydrogens is 368 g/mol. The third kappa shape index (κ3) is 5.62. The van der Waals surface area contributed by atoms with Gasteiger partial charge in [-0.1, -0.05) is 23.8 Å². The van der Waals surface area contributed by atoms with E-state index in [1.165, 1.54) is 18.9 Å². The van der Waals surface area contributed by atoms with Crippen molar-refractivity contribution in [3.63, 3.8) is 0 Å². The van der Waals surface area contributed by atoms with Gasteiger partial charge in [0, 0.05) is 0 Å². The van der Waals surface area contributed by atoms with E-state index in [-0.39, 0.29) is 5.92 Å². The highest BCUT2D eigenvalue weighted by Crippen LogP contribution is 2.43. The van der Waals surface area contributed by atoms with Gasteiger partial charge in [0.05, 0.1) is 0 Å². The predicted octanol–water partition coefficient (Wildman–Crippen LogP) is 7.69. The fourth-order valence-corrected chi connectivity index (χ4v) is 4.75. The highest BCUT2D eigenvalue weighted by molar-refractivity contribution is 5.31. The zero-order valence-corrected chi connectivity index (χ0v) is 16.1. The van der Waals surface area contributed by atoms with E-state index in [0.29, 0.717) is 5.92 Å². The summed E-state index contributed by atoms with van der Waals surface area (Å²) in [6, 6.07) is 3.88. The van der Waals surface area contributed by atoms with Crippen molar-refractivity contribution in [3.05, 3.63) is 53.9 Å². The van der Waals surface area contributed by atoms with Crippen LogP contribution in [0.15, 0.2) is 42.5 Å². The Hall–Kier alpha value is -1.78. The van der Waals surface area contributed by atoms with Crippen LogP contribution in [-0.2, 0) is 0 Å². The molecule has 5 heteroatoms. The SMILES string of the molecule is C=CCCC1=CCC(C2CCC(c3ccc(OC(F)(F)F)c(F)c3)CC2)CC1. The first-order chi connectivity index (χ1) is 13.4. The fraction of sp³-hybridized carbons (Fsp3) is 0.565. The van der Waals surface area contributed by atoms with Crippen LogP contribution in [-0.4, -0.2) is 6.36 Å². The number of rotatable bonds is 6. The fourth-order valence-electron chi connectivity index (χ4n) is 4.75. The number of halogens is 4. The zero-order valence-electron chi connectivity index (χ0n) is 16.1. The molecule has 2 aliphatic carbocycles. The molecule has 0 N–H and O–H groups in total. The Kier molecular flexibility index (Phi) is 6.84. The molecule has 1 fully saturated rings. The van der Waals surface area contributed by atoms with Crippen molar-refractivity contribution in [3.8, 4) is 5.75 Å². The van der Waals surface area contributed by atoms with Crippen molar-refractivity contribution in [2.75, 3.05) is 0 Å². The van der Waals surface area contributed by atoms with Crippen LogP contribution >= 0.6 is 0 Å². The molecule has 0 heterocycles. The second-order valence-corrected chi connectivity index (χ2v) is 8.07. The summed E-state index contributed by atoms with van der Waals surface area (Å²) >= 11 is 0. The van der Waals surface area contributed by atoms with Gasteiger partial charge in [-0.15, -0.1) is 19.8 Å². The van der Waals surface area contributed by atoms with Crippen LogP contribution in [0.25, 0.3) is 0 Å². The maximum atomic E-state index is 14.0. The highest BCUT2D eigenvalue weighted by Gasteiger charge is 2.33. The summed E-state index contributed by atoms with van der Waals surface area (Å²) in [6.45, 7) is 3.78. The highest BCUT2D eigenvalue weighted by atomic mass is 19.4. The smallest absolute Gasteiger partial charge is 0.403 e. The molecule has 154 valence electrons. The minimum Gasteiger partial charge on any atom is -0.403 e. The van der Waals surface area contributed by atoms with E-state index in [1.807, 2.05) is 6.08 Å². The monoisotopic (exact) mass is 396 g/mol. The maximum absolute atomic E-state index is 14.0. The average Bonchev–Trinajstić information content (AvgIpc) is 2.67. The molecular formula is C23H28F4O. The van der Waals surface area contributed by atoms with Crippen molar-refractivity contribution < 1.29 is 22.3 Å². The predicted molar refractivity (Wildman–Crippen MR) is 103 cm³/mol. The second kappa shape index (κ2) is 9.15. The number of hydrogen-bond donors (Lipinski definition) is 0. The largest absolute Gasteiger partial charge is 0.573 e. The van der Waals surface area contributed by atoms with Gasteiger partial charge in [0.2, 0.25) is 0 Å². The first kappa shape index (κ1) is 20.9. The standard InChI is InChI=1S/C23H28F4O/c1-2-3-4-16-5-7-17(8-6-16)18-9-11-19(12-10-18)20-13-14-22(21(24)15-20)28-23(25,26)27/h2,5,13-15,17-19H,1,3-4,6-12H2. The Morgan fingerprint density at radius 1 is 1.07 bits per heavy atom. The molecule has 2 aliphatic rings. The average molecular weight is 396 g/mol. The number of ether oxygens (including phenoxy) is 1. The number of hydrogen-bond acceptors (Lipinski definition) is 1. The molecule has 28 heavy (non-hydrogen) atoms. The van der Waals surface area contributed by atoms with E-state index in [4.69, 9.17) is 0 Å². The lowest BCUT2D eigenvalue weighted by molar-refractivity contribution is -0.275. The summed E-state index contributed by atoms with van der Waals surface area (Å²) in [5.74, 6) is -0.0561. The van der Waals surface area contributed by atoms with Gasteiger partial charge in [-0.2, -0.15) is 0 Å². The molecule has 1 aromatic rings. The molecule has 1 aromatic carbocycles.